The SMILES string of the molecule is COC(=O)C1(CSCc2ccccc2)N=CN(C(C)c2ccccc2)C1C1CCC(C(C)(C)Nc2ccc(Cl)cc2)CC1. The smallest absolute Gasteiger partial charge is 0.336 e. The Hall–Kier alpha value is -2.96. The molecule has 0 radical (unpaired) electrons. The fraction of sp³-hybridized carbons (Fsp3) is 0.444. The molecule has 1 aliphatic heterocycles. The molecule has 1 heterocycles. The molecular weight excluding hydrogens is 574 g/mol. The van der Waals surface area contributed by atoms with E-state index in [-0.39, 0.29) is 23.6 Å². The largest absolute Gasteiger partial charge is 0.467 e. The highest BCUT2D eigenvalue weighted by atomic mass is 35.5. The van der Waals surface area contributed by atoms with Crippen molar-refractivity contribution in [2.75, 3.05) is 18.2 Å². The maximum atomic E-state index is 13.8. The van der Waals surface area contributed by atoms with Gasteiger partial charge in [0, 0.05) is 27.8 Å². The van der Waals surface area contributed by atoms with Crippen LogP contribution in [0.25, 0.3) is 0 Å². The molecule has 3 aromatic rings. The number of hydrogen-bond acceptors (Lipinski definition) is 6. The highest BCUT2D eigenvalue weighted by Gasteiger charge is 2.56. The number of anilines is 1. The average molecular weight is 618 g/mol. The lowest BCUT2D eigenvalue weighted by atomic mass is 9.68. The minimum Gasteiger partial charge on any atom is -0.467 e. The van der Waals surface area contributed by atoms with Crippen molar-refractivity contribution in [1.82, 2.24) is 4.90 Å². The van der Waals surface area contributed by atoms with Gasteiger partial charge in [0.1, 0.15) is 0 Å². The van der Waals surface area contributed by atoms with Gasteiger partial charge in [-0.25, -0.2) is 4.79 Å². The summed E-state index contributed by atoms with van der Waals surface area (Å²) in [6, 6.07) is 28.9. The maximum absolute atomic E-state index is 13.8. The fourth-order valence-electron chi connectivity index (χ4n) is 7.04. The fourth-order valence-corrected chi connectivity index (χ4v) is 8.37. The minimum absolute atomic E-state index is 0.0764. The molecule has 5 nitrogen and oxygen atoms in total. The second kappa shape index (κ2) is 13.8. The Morgan fingerprint density at radius 3 is 2.28 bits per heavy atom. The van der Waals surface area contributed by atoms with Gasteiger partial charge in [-0.1, -0.05) is 72.3 Å². The van der Waals surface area contributed by atoms with Crippen molar-refractivity contribution in [1.29, 1.82) is 0 Å². The number of methoxy groups -OCH3 is 1. The van der Waals surface area contributed by atoms with Crippen LogP contribution in [0.5, 0.6) is 0 Å². The van der Waals surface area contributed by atoms with E-state index < -0.39 is 5.54 Å². The molecule has 1 saturated carbocycles. The Labute approximate surface area is 266 Å². The molecule has 1 aliphatic carbocycles. The number of hydrogen-bond donors (Lipinski definition) is 1. The molecule has 0 saturated heterocycles. The number of thioether (sulfide) groups is 1. The first-order chi connectivity index (χ1) is 20.7. The zero-order chi connectivity index (χ0) is 30.5. The van der Waals surface area contributed by atoms with Crippen LogP contribution in [-0.4, -0.2) is 47.2 Å². The van der Waals surface area contributed by atoms with E-state index in [1.54, 1.807) is 11.8 Å². The number of ether oxygens (including phenoxy) is 1. The third-order valence-electron chi connectivity index (χ3n) is 9.48. The summed E-state index contributed by atoms with van der Waals surface area (Å²) in [7, 11) is 1.50. The van der Waals surface area contributed by atoms with E-state index in [2.05, 4.69) is 79.5 Å². The van der Waals surface area contributed by atoms with Gasteiger partial charge in [0.25, 0.3) is 0 Å². The molecule has 1 N–H and O–H groups in total. The van der Waals surface area contributed by atoms with Gasteiger partial charge in [0.05, 0.1) is 25.5 Å². The van der Waals surface area contributed by atoms with E-state index in [9.17, 15) is 4.79 Å². The number of carbonyl (C=O) groups excluding carboxylic acids is 1. The van der Waals surface area contributed by atoms with Crippen LogP contribution >= 0.6 is 23.4 Å². The van der Waals surface area contributed by atoms with Crippen molar-refractivity contribution in [2.45, 2.75) is 75.4 Å². The van der Waals surface area contributed by atoms with Crippen LogP contribution in [0.15, 0.2) is 89.9 Å². The number of nitrogens with one attached hydrogen (secondary N) is 1. The molecule has 0 spiro atoms. The third-order valence-corrected chi connectivity index (χ3v) is 10.9. The summed E-state index contributed by atoms with van der Waals surface area (Å²) in [6.45, 7) is 6.83. The van der Waals surface area contributed by atoms with E-state index in [1.807, 2.05) is 42.7 Å². The first-order valence-electron chi connectivity index (χ1n) is 15.3. The first-order valence-corrected chi connectivity index (χ1v) is 16.9. The van der Waals surface area contributed by atoms with Crippen LogP contribution in [0.1, 0.15) is 63.6 Å². The van der Waals surface area contributed by atoms with E-state index in [0.29, 0.717) is 17.6 Å². The molecule has 1 fully saturated rings. The van der Waals surface area contributed by atoms with Crippen LogP contribution in [0, 0.1) is 11.8 Å². The second-order valence-electron chi connectivity index (χ2n) is 12.6. The molecule has 0 bridgehead atoms. The van der Waals surface area contributed by atoms with Gasteiger partial charge in [-0.15, -0.1) is 0 Å². The monoisotopic (exact) mass is 617 g/mol. The van der Waals surface area contributed by atoms with E-state index in [1.165, 1.54) is 18.2 Å². The Morgan fingerprint density at radius 2 is 1.65 bits per heavy atom. The van der Waals surface area contributed by atoms with Crippen molar-refractivity contribution in [3.63, 3.8) is 0 Å². The van der Waals surface area contributed by atoms with Gasteiger partial charge < -0.3 is 15.0 Å². The number of rotatable bonds is 11. The minimum atomic E-state index is -0.953. The molecule has 2 aliphatic rings. The Balaban J connectivity index is 1.38. The van der Waals surface area contributed by atoms with Gasteiger partial charge in [0.2, 0.25) is 0 Å². The van der Waals surface area contributed by atoms with Crippen molar-refractivity contribution in [2.24, 2.45) is 16.8 Å². The highest BCUT2D eigenvalue weighted by Crippen LogP contribution is 2.47. The first kappa shape index (κ1) is 31.5. The van der Waals surface area contributed by atoms with Gasteiger partial charge in [-0.3, -0.25) is 4.99 Å². The van der Waals surface area contributed by atoms with Gasteiger partial charge >= 0.3 is 5.97 Å². The zero-order valence-electron chi connectivity index (χ0n) is 25.7. The molecule has 7 heteroatoms. The van der Waals surface area contributed by atoms with Crippen LogP contribution in [0.4, 0.5) is 5.69 Å². The normalized spacial score (nSPS) is 24.5. The number of aliphatic imine (C=N–C) groups is 1. The van der Waals surface area contributed by atoms with Gasteiger partial charge in [-0.05, 0) is 93.7 Å². The molecule has 5 rings (SSSR count). The Morgan fingerprint density at radius 1 is 1.02 bits per heavy atom. The maximum Gasteiger partial charge on any atom is 0.336 e. The summed E-state index contributed by atoms with van der Waals surface area (Å²) in [4.78, 5) is 21.2. The van der Waals surface area contributed by atoms with E-state index >= 15 is 0 Å². The van der Waals surface area contributed by atoms with Gasteiger partial charge in [-0.2, -0.15) is 11.8 Å². The number of halogens is 1. The van der Waals surface area contributed by atoms with Crippen molar-refractivity contribution in [3.05, 3.63) is 101 Å². The Bertz CT molecular complexity index is 1360. The van der Waals surface area contributed by atoms with Crippen LogP contribution in [-0.2, 0) is 15.3 Å². The molecule has 228 valence electrons. The average Bonchev–Trinajstić information content (AvgIpc) is 3.42. The second-order valence-corrected chi connectivity index (χ2v) is 14.0. The topological polar surface area (TPSA) is 53.9 Å². The predicted molar refractivity (Wildman–Crippen MR) is 181 cm³/mol. The summed E-state index contributed by atoms with van der Waals surface area (Å²) in [5.41, 5.74) is 2.53. The molecule has 0 amide bonds. The number of nitrogens with zero attached hydrogens (tertiary/aromatic N) is 2. The summed E-state index contributed by atoms with van der Waals surface area (Å²) < 4.78 is 5.53. The molecular formula is C36H44ClN3O2S. The van der Waals surface area contributed by atoms with Crippen LogP contribution in [0.2, 0.25) is 5.02 Å². The summed E-state index contributed by atoms with van der Waals surface area (Å²) in [5.74, 6) is 1.99. The lowest BCUT2D eigenvalue weighted by Gasteiger charge is -2.47. The third kappa shape index (κ3) is 7.07. The quantitative estimate of drug-likeness (QED) is 0.218. The molecule has 3 aromatic carbocycles. The lowest BCUT2D eigenvalue weighted by molar-refractivity contribution is -0.148. The van der Waals surface area contributed by atoms with E-state index in [4.69, 9.17) is 21.3 Å². The number of esters is 1. The highest BCUT2D eigenvalue weighted by molar-refractivity contribution is 7.98. The van der Waals surface area contributed by atoms with Gasteiger partial charge in [0.15, 0.2) is 5.54 Å². The molecule has 43 heavy (non-hydrogen) atoms. The van der Waals surface area contributed by atoms with Crippen molar-refractivity contribution in [3.8, 4) is 0 Å². The van der Waals surface area contributed by atoms with Crippen molar-refractivity contribution >= 4 is 41.4 Å². The summed E-state index contributed by atoms with van der Waals surface area (Å²) in [6.07, 6.45) is 6.17. The zero-order valence-corrected chi connectivity index (χ0v) is 27.3. The Kier molecular flexibility index (Phi) is 10.1. The molecule has 0 aromatic heterocycles. The lowest BCUT2D eigenvalue weighted by Crippen LogP contribution is -2.58. The van der Waals surface area contributed by atoms with E-state index in [0.717, 1.165) is 42.1 Å². The number of carbonyl (C=O) groups is 1. The number of benzene rings is 3. The standard InChI is InChI=1S/C36H44ClN3O2S/c1-26(28-13-9-6-10-14-28)40-25-38-36(34(41)42-4,24-43-23-27-11-7-5-8-12-27)33(40)29-15-17-30(18-16-29)35(2,3)39-32-21-19-31(37)20-22-32/h5-14,19-22,25-26,29-30,33,39H,15-18,23-24H2,1-4H3. The molecule has 3 atom stereocenters. The molecule has 3 unspecified atom stereocenters. The van der Waals surface area contributed by atoms with Crippen LogP contribution < -0.4 is 5.32 Å². The predicted octanol–water partition coefficient (Wildman–Crippen LogP) is 8.66. The van der Waals surface area contributed by atoms with Crippen molar-refractivity contribution < 1.29 is 9.53 Å². The van der Waals surface area contributed by atoms with Crippen LogP contribution in [0.3, 0.4) is 0 Å². The summed E-state index contributed by atoms with van der Waals surface area (Å²) >= 11 is 7.89. The summed E-state index contributed by atoms with van der Waals surface area (Å²) in [5, 5.41) is 4.51.